The molecule has 7 heteroatoms. The van der Waals surface area contributed by atoms with E-state index < -0.39 is 15.4 Å². The van der Waals surface area contributed by atoms with Gasteiger partial charge in [-0.15, -0.1) is 5.11 Å². The van der Waals surface area contributed by atoms with Gasteiger partial charge in [-0.2, -0.15) is 5.11 Å². The number of nitrogens with one attached hydrogen (secondary N) is 1. The van der Waals surface area contributed by atoms with E-state index in [0.717, 1.165) is 16.5 Å². The maximum absolute atomic E-state index is 11.6. The second-order valence-corrected chi connectivity index (χ2v) is 9.00. The Labute approximate surface area is 135 Å². The maximum Gasteiger partial charge on any atom is 0.218 e. The second-order valence-electron chi connectivity index (χ2n) is 6.82. The van der Waals surface area contributed by atoms with Crippen LogP contribution in [0.5, 0.6) is 5.88 Å². The lowest BCUT2D eigenvalue weighted by atomic mass is 10.0. The van der Waals surface area contributed by atoms with Crippen LogP contribution >= 0.6 is 0 Å². The van der Waals surface area contributed by atoms with Gasteiger partial charge in [-0.05, 0) is 37.0 Å². The van der Waals surface area contributed by atoms with Crippen LogP contribution in [0.2, 0.25) is 0 Å². The van der Waals surface area contributed by atoms with E-state index >= 15 is 0 Å². The van der Waals surface area contributed by atoms with Crippen molar-refractivity contribution in [3.05, 3.63) is 23.8 Å². The highest BCUT2D eigenvalue weighted by Crippen LogP contribution is 2.38. The zero-order chi connectivity index (χ0) is 16.8. The van der Waals surface area contributed by atoms with Crippen molar-refractivity contribution in [2.45, 2.75) is 38.6 Å². The molecule has 2 aromatic rings. The molecule has 124 valence electrons. The minimum Gasteiger partial charge on any atom is -0.493 e. The van der Waals surface area contributed by atoms with Crippen molar-refractivity contribution in [3.8, 4) is 5.88 Å². The molecule has 2 N–H and O–H groups in total. The van der Waals surface area contributed by atoms with Crippen LogP contribution in [0.3, 0.4) is 0 Å². The molecule has 0 saturated carbocycles. The highest BCUT2D eigenvalue weighted by atomic mass is 32.2. The number of aromatic nitrogens is 1. The third kappa shape index (κ3) is 3.10. The molecule has 0 radical (unpaired) electrons. The number of hydrogen-bond acceptors (Lipinski definition) is 5. The Balaban J connectivity index is 2.01. The summed E-state index contributed by atoms with van der Waals surface area (Å²) in [4.78, 5) is 2.88. The van der Waals surface area contributed by atoms with Gasteiger partial charge in [-0.3, -0.25) is 0 Å². The highest BCUT2D eigenvalue weighted by molar-refractivity contribution is 7.91. The van der Waals surface area contributed by atoms with E-state index in [0.29, 0.717) is 18.0 Å². The van der Waals surface area contributed by atoms with Crippen molar-refractivity contribution in [3.63, 3.8) is 0 Å². The summed E-state index contributed by atoms with van der Waals surface area (Å²) in [6, 6.07) is 5.90. The summed E-state index contributed by atoms with van der Waals surface area (Å²) in [6.45, 7) is 5.98. The molecule has 1 aliphatic heterocycles. The van der Waals surface area contributed by atoms with E-state index in [1.165, 1.54) is 0 Å². The first-order valence-corrected chi connectivity index (χ1v) is 9.49. The molecule has 23 heavy (non-hydrogen) atoms. The SMILES string of the molecule is CC(C)c1ccc2[nH]c(O)c(N=NC3(C)CCS(=O)(=O)C3)c2c1. The van der Waals surface area contributed by atoms with Gasteiger partial charge in [0.25, 0.3) is 0 Å². The van der Waals surface area contributed by atoms with Crippen LogP contribution in [0, 0.1) is 0 Å². The molecule has 1 saturated heterocycles. The molecule has 1 fully saturated rings. The van der Waals surface area contributed by atoms with E-state index in [1.807, 2.05) is 18.2 Å². The topological polar surface area (TPSA) is 94.9 Å². The van der Waals surface area contributed by atoms with Gasteiger partial charge < -0.3 is 10.1 Å². The van der Waals surface area contributed by atoms with Gasteiger partial charge in [-0.1, -0.05) is 19.9 Å². The predicted molar refractivity (Wildman–Crippen MR) is 90.2 cm³/mol. The first-order chi connectivity index (χ1) is 10.7. The second kappa shape index (κ2) is 5.33. The number of rotatable bonds is 3. The molecule has 3 rings (SSSR count). The van der Waals surface area contributed by atoms with Gasteiger partial charge in [0.1, 0.15) is 0 Å². The van der Waals surface area contributed by atoms with E-state index in [1.54, 1.807) is 6.92 Å². The summed E-state index contributed by atoms with van der Waals surface area (Å²) in [7, 11) is -3.04. The number of H-pyrrole nitrogens is 1. The van der Waals surface area contributed by atoms with Gasteiger partial charge in [0.2, 0.25) is 5.88 Å². The minimum atomic E-state index is -3.04. The molecular weight excluding hydrogens is 314 g/mol. The van der Waals surface area contributed by atoms with Crippen molar-refractivity contribution < 1.29 is 13.5 Å². The van der Waals surface area contributed by atoms with Crippen LogP contribution in [0.25, 0.3) is 10.9 Å². The van der Waals surface area contributed by atoms with Gasteiger partial charge in [0.15, 0.2) is 15.5 Å². The Morgan fingerprint density at radius 1 is 1.35 bits per heavy atom. The third-order valence-corrected chi connectivity index (χ3v) is 6.20. The van der Waals surface area contributed by atoms with Crippen molar-refractivity contribution in [1.29, 1.82) is 0 Å². The molecule has 1 aromatic carbocycles. The van der Waals surface area contributed by atoms with Crippen LogP contribution in [0.1, 0.15) is 38.7 Å². The lowest BCUT2D eigenvalue weighted by Crippen LogP contribution is -2.22. The summed E-state index contributed by atoms with van der Waals surface area (Å²) in [5.41, 5.74) is 1.57. The van der Waals surface area contributed by atoms with Crippen LogP contribution in [-0.4, -0.2) is 35.6 Å². The molecule has 0 aliphatic carbocycles. The molecule has 2 heterocycles. The average Bonchev–Trinajstić information content (AvgIpc) is 2.92. The van der Waals surface area contributed by atoms with E-state index in [2.05, 4.69) is 29.1 Å². The number of hydrogen-bond donors (Lipinski definition) is 2. The van der Waals surface area contributed by atoms with E-state index in [-0.39, 0.29) is 17.4 Å². The molecular formula is C16H21N3O3S. The quantitative estimate of drug-likeness (QED) is 0.838. The smallest absolute Gasteiger partial charge is 0.218 e. The average molecular weight is 335 g/mol. The monoisotopic (exact) mass is 335 g/mol. The fourth-order valence-corrected chi connectivity index (χ4v) is 4.93. The number of benzene rings is 1. The Hall–Kier alpha value is -1.89. The van der Waals surface area contributed by atoms with Crippen molar-refractivity contribution in [2.24, 2.45) is 10.2 Å². The zero-order valence-electron chi connectivity index (χ0n) is 13.5. The molecule has 0 amide bonds. The summed E-state index contributed by atoms with van der Waals surface area (Å²) in [6.07, 6.45) is 0.458. The summed E-state index contributed by atoms with van der Waals surface area (Å²) >= 11 is 0. The Morgan fingerprint density at radius 2 is 2.09 bits per heavy atom. The summed E-state index contributed by atoms with van der Waals surface area (Å²) in [5, 5.41) is 19.3. The van der Waals surface area contributed by atoms with Crippen LogP contribution in [0.15, 0.2) is 28.4 Å². The van der Waals surface area contributed by atoms with Gasteiger partial charge >= 0.3 is 0 Å². The number of azo groups is 1. The largest absolute Gasteiger partial charge is 0.493 e. The van der Waals surface area contributed by atoms with Crippen molar-refractivity contribution in [1.82, 2.24) is 4.98 Å². The number of sulfone groups is 1. The molecule has 1 aliphatic rings. The maximum atomic E-state index is 11.6. The standard InChI is InChI=1S/C16H21N3O3S/c1-10(2)11-4-5-13-12(8-11)14(15(20)17-13)18-19-16(3)6-7-23(21,22)9-16/h4-5,8,10,17,20H,6-7,9H2,1-3H3. The van der Waals surface area contributed by atoms with Gasteiger partial charge in [0.05, 0.1) is 22.6 Å². The highest BCUT2D eigenvalue weighted by Gasteiger charge is 2.38. The first kappa shape index (κ1) is 16.0. The van der Waals surface area contributed by atoms with Gasteiger partial charge in [0, 0.05) is 5.39 Å². The Morgan fingerprint density at radius 3 is 2.70 bits per heavy atom. The lowest BCUT2D eigenvalue weighted by molar-refractivity contribution is 0.457. The Kier molecular flexibility index (Phi) is 3.71. The molecule has 6 nitrogen and oxygen atoms in total. The van der Waals surface area contributed by atoms with Crippen LogP contribution in [0.4, 0.5) is 5.69 Å². The number of aromatic hydroxyl groups is 1. The van der Waals surface area contributed by atoms with E-state index in [9.17, 15) is 13.5 Å². The molecule has 0 bridgehead atoms. The molecule has 0 spiro atoms. The zero-order valence-corrected chi connectivity index (χ0v) is 14.3. The number of aromatic amines is 1. The Bertz CT molecular complexity index is 883. The third-order valence-electron chi connectivity index (χ3n) is 4.32. The van der Waals surface area contributed by atoms with Crippen LogP contribution < -0.4 is 0 Å². The fraction of sp³-hybridized carbons (Fsp3) is 0.500. The summed E-state index contributed by atoms with van der Waals surface area (Å²) < 4.78 is 23.3. The number of fused-ring (bicyclic) bond motifs is 1. The number of nitrogens with zero attached hydrogens (tertiary/aromatic N) is 2. The normalized spacial score (nSPS) is 24.2. The fourth-order valence-electron chi connectivity index (χ4n) is 2.88. The molecule has 1 atom stereocenters. The van der Waals surface area contributed by atoms with Crippen LogP contribution in [-0.2, 0) is 9.84 Å². The molecule has 1 aromatic heterocycles. The summed E-state index contributed by atoms with van der Waals surface area (Å²) in [5.74, 6) is 0.455. The lowest BCUT2D eigenvalue weighted by Gasteiger charge is -2.13. The van der Waals surface area contributed by atoms with Crippen molar-refractivity contribution in [2.75, 3.05) is 11.5 Å². The molecule has 1 unspecified atom stereocenters. The van der Waals surface area contributed by atoms with Crippen molar-refractivity contribution >= 4 is 26.4 Å². The minimum absolute atomic E-state index is 0.00383. The first-order valence-electron chi connectivity index (χ1n) is 7.67. The van der Waals surface area contributed by atoms with Gasteiger partial charge in [-0.25, -0.2) is 8.42 Å². The predicted octanol–water partition coefficient (Wildman–Crippen LogP) is 3.66. The van der Waals surface area contributed by atoms with E-state index in [4.69, 9.17) is 0 Å².